The smallest absolute Gasteiger partial charge is 0.239 e. The van der Waals surface area contributed by atoms with E-state index in [9.17, 15) is 9.18 Å². The first kappa shape index (κ1) is 21.0. The van der Waals surface area contributed by atoms with E-state index in [4.69, 9.17) is 15.6 Å². The van der Waals surface area contributed by atoms with E-state index >= 15 is 0 Å². The van der Waals surface area contributed by atoms with Crippen LogP contribution < -0.4 is 15.8 Å². The molecule has 0 bridgehead atoms. The molecule has 0 atom stereocenters. The molecular formula is C21H22FN3O3. The van der Waals surface area contributed by atoms with Gasteiger partial charge in [-0.1, -0.05) is 6.07 Å². The lowest BCUT2D eigenvalue weighted by atomic mass is 10.1. The maximum atomic E-state index is 12.9. The fraction of sp³-hybridized carbons (Fsp3) is 0.143. The maximum absolute atomic E-state index is 12.9. The Labute approximate surface area is 162 Å². The molecule has 0 aliphatic rings. The Balaban J connectivity index is 0.000000878. The molecule has 0 aliphatic heterocycles. The lowest BCUT2D eigenvalue weighted by molar-refractivity contribution is -0.114. The molecule has 4 N–H and O–H groups in total. The summed E-state index contributed by atoms with van der Waals surface area (Å²) < 4.78 is 18.6. The molecule has 0 aliphatic carbocycles. The Morgan fingerprint density at radius 2 is 1.64 bits per heavy atom. The van der Waals surface area contributed by atoms with Crippen molar-refractivity contribution in [1.82, 2.24) is 4.98 Å². The second-order valence-electron chi connectivity index (χ2n) is 5.56. The molecule has 28 heavy (non-hydrogen) atoms. The van der Waals surface area contributed by atoms with Crippen molar-refractivity contribution in [3.05, 3.63) is 72.5 Å². The Morgan fingerprint density at radius 3 is 2.21 bits per heavy atom. The van der Waals surface area contributed by atoms with Crippen molar-refractivity contribution in [2.24, 2.45) is 5.73 Å². The van der Waals surface area contributed by atoms with Crippen molar-refractivity contribution in [2.75, 3.05) is 18.5 Å². The van der Waals surface area contributed by atoms with Crippen LogP contribution >= 0.6 is 0 Å². The quantitative estimate of drug-likeness (QED) is 0.626. The number of carbonyl (C=O) groups is 1. The normalized spacial score (nSPS) is 9.86. The highest BCUT2D eigenvalue weighted by Gasteiger charge is 2.05. The van der Waals surface area contributed by atoms with Crippen LogP contribution in [-0.4, -0.2) is 29.1 Å². The first-order chi connectivity index (χ1) is 13.5. The Morgan fingerprint density at radius 1 is 1.07 bits per heavy atom. The zero-order valence-corrected chi connectivity index (χ0v) is 15.4. The lowest BCUT2D eigenvalue weighted by Crippen LogP contribution is -2.22. The number of aromatic nitrogens is 1. The van der Waals surface area contributed by atoms with Gasteiger partial charge in [0.2, 0.25) is 5.91 Å². The van der Waals surface area contributed by atoms with Crippen molar-refractivity contribution in [3.8, 4) is 22.8 Å². The van der Waals surface area contributed by atoms with Crippen molar-refractivity contribution in [3.63, 3.8) is 0 Å². The summed E-state index contributed by atoms with van der Waals surface area (Å²) in [6.45, 7) is 1.83. The van der Waals surface area contributed by atoms with Crippen molar-refractivity contribution < 1.29 is 19.0 Å². The fourth-order valence-corrected chi connectivity index (χ4v) is 2.19. The van der Waals surface area contributed by atoms with E-state index in [0.29, 0.717) is 23.0 Å². The third-order valence-electron chi connectivity index (χ3n) is 3.40. The van der Waals surface area contributed by atoms with Crippen LogP contribution in [0, 0.1) is 5.82 Å². The summed E-state index contributed by atoms with van der Waals surface area (Å²) in [4.78, 5) is 15.7. The van der Waals surface area contributed by atoms with Gasteiger partial charge in [0, 0.05) is 12.2 Å². The van der Waals surface area contributed by atoms with Crippen LogP contribution in [0.5, 0.6) is 11.5 Å². The number of aliphatic hydroxyl groups is 1. The minimum Gasteiger partial charge on any atom is -0.457 e. The van der Waals surface area contributed by atoms with Crippen LogP contribution in [0.3, 0.4) is 0 Å². The lowest BCUT2D eigenvalue weighted by Gasteiger charge is -2.08. The molecule has 3 rings (SSSR count). The van der Waals surface area contributed by atoms with E-state index in [-0.39, 0.29) is 24.9 Å². The second kappa shape index (κ2) is 10.8. The first-order valence-corrected chi connectivity index (χ1v) is 8.67. The van der Waals surface area contributed by atoms with Crippen LogP contribution in [0.4, 0.5) is 10.2 Å². The average molecular weight is 383 g/mol. The van der Waals surface area contributed by atoms with Gasteiger partial charge in [0.25, 0.3) is 0 Å². The van der Waals surface area contributed by atoms with E-state index in [1.807, 2.05) is 18.2 Å². The summed E-state index contributed by atoms with van der Waals surface area (Å²) in [5, 5.41) is 10.2. The highest BCUT2D eigenvalue weighted by molar-refractivity contribution is 5.91. The molecule has 3 aromatic rings. The van der Waals surface area contributed by atoms with Gasteiger partial charge in [0.1, 0.15) is 23.1 Å². The van der Waals surface area contributed by atoms with E-state index in [1.54, 1.807) is 43.3 Å². The van der Waals surface area contributed by atoms with E-state index in [0.717, 1.165) is 5.56 Å². The molecule has 1 amide bonds. The number of anilines is 1. The molecule has 146 valence electrons. The van der Waals surface area contributed by atoms with Crippen molar-refractivity contribution in [2.45, 2.75) is 6.92 Å². The molecule has 0 fully saturated rings. The number of halogens is 1. The highest BCUT2D eigenvalue weighted by Crippen LogP contribution is 2.25. The molecule has 0 saturated carbocycles. The number of hydrogen-bond donors (Lipinski definition) is 3. The summed E-state index contributed by atoms with van der Waals surface area (Å²) in [6.07, 6.45) is 0. The van der Waals surface area contributed by atoms with Crippen LogP contribution in [0.25, 0.3) is 11.3 Å². The molecule has 2 aromatic carbocycles. The number of nitrogens with zero attached hydrogens (tertiary/aromatic N) is 1. The number of pyridine rings is 1. The van der Waals surface area contributed by atoms with Crippen molar-refractivity contribution >= 4 is 11.7 Å². The van der Waals surface area contributed by atoms with E-state index in [1.165, 1.54) is 12.1 Å². The minimum absolute atomic E-state index is 0.0959. The van der Waals surface area contributed by atoms with Gasteiger partial charge in [0.05, 0.1) is 12.2 Å². The predicted molar refractivity (Wildman–Crippen MR) is 107 cm³/mol. The average Bonchev–Trinajstić information content (AvgIpc) is 2.71. The number of ether oxygens (including phenoxy) is 1. The van der Waals surface area contributed by atoms with E-state index < -0.39 is 0 Å². The highest BCUT2D eigenvalue weighted by atomic mass is 19.1. The summed E-state index contributed by atoms with van der Waals surface area (Å²) in [6, 6.07) is 18.5. The van der Waals surface area contributed by atoms with Crippen LogP contribution in [-0.2, 0) is 4.79 Å². The summed E-state index contributed by atoms with van der Waals surface area (Å²) >= 11 is 0. The summed E-state index contributed by atoms with van der Waals surface area (Å²) in [5.41, 5.74) is 6.86. The molecule has 0 unspecified atom stereocenters. The number of nitrogens with one attached hydrogen (secondary N) is 1. The van der Waals surface area contributed by atoms with Gasteiger partial charge < -0.3 is 20.9 Å². The Bertz CT molecular complexity index is 884. The Hall–Kier alpha value is -3.29. The fourth-order valence-electron chi connectivity index (χ4n) is 2.19. The maximum Gasteiger partial charge on any atom is 0.239 e. The van der Waals surface area contributed by atoms with Gasteiger partial charge in [-0.2, -0.15) is 0 Å². The molecular weight excluding hydrogens is 361 g/mol. The van der Waals surface area contributed by atoms with Gasteiger partial charge >= 0.3 is 0 Å². The number of carbonyl (C=O) groups excluding carboxylic acids is 1. The number of aliphatic hydroxyl groups excluding tert-OH is 1. The zero-order valence-electron chi connectivity index (χ0n) is 15.4. The summed E-state index contributed by atoms with van der Waals surface area (Å²) in [7, 11) is 0. The largest absolute Gasteiger partial charge is 0.457 e. The van der Waals surface area contributed by atoms with Gasteiger partial charge in [-0.25, -0.2) is 9.37 Å². The number of amides is 1. The SMILES string of the molecule is CCO.NCC(=O)Nc1cccc(-c2ccc(Oc3ccc(F)cc3)cc2)n1. The van der Waals surface area contributed by atoms with Crippen LogP contribution in [0.1, 0.15) is 6.92 Å². The molecule has 7 heteroatoms. The standard InChI is InChI=1S/C19H16FN3O2.C2H6O/c20-14-6-10-16(11-7-14)25-15-8-4-13(5-9-15)17-2-1-3-18(22-17)23-19(24)12-21;1-2-3/h1-11H,12,21H2,(H,22,23,24);3H,2H2,1H3. The third kappa shape index (κ3) is 6.46. The number of benzene rings is 2. The second-order valence-corrected chi connectivity index (χ2v) is 5.56. The molecule has 0 spiro atoms. The van der Waals surface area contributed by atoms with Crippen LogP contribution in [0.2, 0.25) is 0 Å². The number of rotatable bonds is 5. The van der Waals surface area contributed by atoms with E-state index in [2.05, 4.69) is 10.3 Å². The monoisotopic (exact) mass is 383 g/mol. The van der Waals surface area contributed by atoms with Crippen molar-refractivity contribution in [1.29, 1.82) is 0 Å². The third-order valence-corrected chi connectivity index (χ3v) is 3.40. The van der Waals surface area contributed by atoms with Gasteiger partial charge in [-0.05, 0) is 67.6 Å². The number of nitrogens with two attached hydrogens (primary N) is 1. The van der Waals surface area contributed by atoms with Gasteiger partial charge in [0.15, 0.2) is 0 Å². The topological polar surface area (TPSA) is 97.5 Å². The summed E-state index contributed by atoms with van der Waals surface area (Å²) in [5.74, 6) is 1.02. The zero-order chi connectivity index (χ0) is 20.4. The molecule has 0 saturated heterocycles. The molecule has 0 radical (unpaired) electrons. The molecule has 1 heterocycles. The Kier molecular flexibility index (Phi) is 8.08. The van der Waals surface area contributed by atoms with Gasteiger partial charge in [-0.15, -0.1) is 0 Å². The number of hydrogen-bond acceptors (Lipinski definition) is 5. The predicted octanol–water partition coefficient (Wildman–Crippen LogP) is 3.58. The molecule has 6 nitrogen and oxygen atoms in total. The minimum atomic E-state index is -0.310. The van der Waals surface area contributed by atoms with Gasteiger partial charge in [-0.3, -0.25) is 4.79 Å². The molecule has 1 aromatic heterocycles. The first-order valence-electron chi connectivity index (χ1n) is 8.67. The van der Waals surface area contributed by atoms with Crippen LogP contribution in [0.15, 0.2) is 66.7 Å².